The second-order valence-electron chi connectivity index (χ2n) is 6.24. The van der Waals surface area contributed by atoms with Crippen LogP contribution in [0.1, 0.15) is 52.4 Å². The molecule has 2 aliphatic carbocycles. The zero-order chi connectivity index (χ0) is 14.1. The summed E-state index contributed by atoms with van der Waals surface area (Å²) < 4.78 is 4.96. The molecule has 0 aromatic heterocycles. The highest BCUT2D eigenvalue weighted by atomic mass is 16.5. The molecule has 2 fully saturated rings. The van der Waals surface area contributed by atoms with Gasteiger partial charge < -0.3 is 9.53 Å². The highest BCUT2D eigenvalue weighted by Gasteiger charge is 2.53. The molecule has 0 saturated heterocycles. The van der Waals surface area contributed by atoms with Crippen molar-refractivity contribution in [3.05, 3.63) is 0 Å². The number of ether oxygens (including phenoxy) is 1. The summed E-state index contributed by atoms with van der Waals surface area (Å²) in [5.74, 6) is 0.268. The highest BCUT2D eigenvalue weighted by Crippen LogP contribution is 2.55. The highest BCUT2D eigenvalue weighted by molar-refractivity contribution is 5.87. The molecule has 0 aromatic carbocycles. The summed E-state index contributed by atoms with van der Waals surface area (Å²) in [7, 11) is 0. The van der Waals surface area contributed by atoms with Gasteiger partial charge >= 0.3 is 5.97 Å². The second kappa shape index (κ2) is 5.06. The lowest BCUT2D eigenvalue weighted by Gasteiger charge is -2.43. The molecule has 0 unspecified atom stereocenters. The first-order valence-corrected chi connectivity index (χ1v) is 7.11. The third-order valence-electron chi connectivity index (χ3n) is 5.10. The molecule has 0 radical (unpaired) electrons. The number of hydrogen-bond donors (Lipinski definition) is 0. The van der Waals surface area contributed by atoms with E-state index in [4.69, 9.17) is 4.74 Å². The fourth-order valence-corrected chi connectivity index (χ4v) is 3.72. The summed E-state index contributed by atoms with van der Waals surface area (Å²) in [6.07, 6.45) is 4.54. The Hall–Kier alpha value is -1.19. The van der Waals surface area contributed by atoms with Crippen LogP contribution in [0.3, 0.4) is 0 Å². The van der Waals surface area contributed by atoms with Gasteiger partial charge in [-0.2, -0.15) is 0 Å². The van der Waals surface area contributed by atoms with E-state index < -0.39 is 5.41 Å². The van der Waals surface area contributed by atoms with Gasteiger partial charge in [0.25, 0.3) is 0 Å². The fourth-order valence-electron chi connectivity index (χ4n) is 3.72. The standard InChI is InChI=1S/C15H22O4/c1-3-19-13(18)9-15(10-16)7-6-14(2)11(8-15)4-5-12(14)17/h10-11H,3-9H2,1-2H3/t11-,14+,15-/m1/s1. The molecule has 0 spiro atoms. The van der Waals surface area contributed by atoms with Gasteiger partial charge in [0.05, 0.1) is 13.0 Å². The number of Topliss-reactive ketones (excluding diaryl/α,β-unsaturated/α-hetero) is 1. The SMILES string of the molecule is CCOC(=O)C[C@@]1(C=O)CC[C@]2(C)C(=O)CC[C@@H]2C1. The molecule has 106 valence electrons. The van der Waals surface area contributed by atoms with Crippen LogP contribution in [0, 0.1) is 16.7 Å². The van der Waals surface area contributed by atoms with Crippen LogP contribution in [0.5, 0.6) is 0 Å². The molecular weight excluding hydrogens is 244 g/mol. The van der Waals surface area contributed by atoms with Crippen molar-refractivity contribution in [1.29, 1.82) is 0 Å². The maximum absolute atomic E-state index is 12.0. The van der Waals surface area contributed by atoms with Crippen LogP contribution in [0.2, 0.25) is 0 Å². The Kier molecular flexibility index (Phi) is 3.79. The van der Waals surface area contributed by atoms with Crippen LogP contribution in [-0.2, 0) is 19.1 Å². The minimum absolute atomic E-state index is 0.158. The molecular formula is C15H22O4. The number of esters is 1. The van der Waals surface area contributed by atoms with Crippen molar-refractivity contribution in [3.8, 4) is 0 Å². The summed E-state index contributed by atoms with van der Waals surface area (Å²) >= 11 is 0. The van der Waals surface area contributed by atoms with Gasteiger partial charge in [-0.3, -0.25) is 9.59 Å². The molecule has 2 rings (SSSR count). The lowest BCUT2D eigenvalue weighted by molar-refractivity contribution is -0.150. The Balaban J connectivity index is 2.11. The molecule has 0 amide bonds. The first kappa shape index (κ1) is 14.2. The smallest absolute Gasteiger partial charge is 0.306 e. The van der Waals surface area contributed by atoms with E-state index in [1.54, 1.807) is 6.92 Å². The number of fused-ring (bicyclic) bond motifs is 1. The Morgan fingerprint density at radius 3 is 2.84 bits per heavy atom. The average Bonchev–Trinajstić information content (AvgIpc) is 2.66. The third kappa shape index (κ3) is 2.45. The van der Waals surface area contributed by atoms with E-state index in [-0.39, 0.29) is 23.7 Å². The van der Waals surface area contributed by atoms with E-state index in [1.165, 1.54) is 0 Å². The molecule has 0 aromatic rings. The van der Waals surface area contributed by atoms with Crippen LogP contribution in [0.4, 0.5) is 0 Å². The van der Waals surface area contributed by atoms with Gasteiger partial charge in [0.15, 0.2) is 0 Å². The number of carbonyl (C=O) groups excluding carboxylic acids is 3. The number of carbonyl (C=O) groups is 3. The van der Waals surface area contributed by atoms with Crippen LogP contribution in [0.15, 0.2) is 0 Å². The normalized spacial score (nSPS) is 37.8. The van der Waals surface area contributed by atoms with Gasteiger partial charge in [0.1, 0.15) is 12.1 Å². The van der Waals surface area contributed by atoms with Crippen molar-refractivity contribution in [3.63, 3.8) is 0 Å². The molecule has 3 atom stereocenters. The Morgan fingerprint density at radius 2 is 2.21 bits per heavy atom. The molecule has 0 bridgehead atoms. The first-order chi connectivity index (χ1) is 8.96. The number of hydrogen-bond acceptors (Lipinski definition) is 4. The minimum atomic E-state index is -0.610. The van der Waals surface area contributed by atoms with Crippen molar-refractivity contribution < 1.29 is 19.1 Å². The van der Waals surface area contributed by atoms with Crippen molar-refractivity contribution in [2.45, 2.75) is 52.4 Å². The minimum Gasteiger partial charge on any atom is -0.466 e. The van der Waals surface area contributed by atoms with Crippen LogP contribution >= 0.6 is 0 Å². The van der Waals surface area contributed by atoms with Crippen molar-refractivity contribution in [2.75, 3.05) is 6.61 Å². The predicted octanol–water partition coefficient (Wildman–Crippen LogP) is 2.29. The number of rotatable bonds is 4. The summed E-state index contributed by atoms with van der Waals surface area (Å²) in [5.41, 5.74) is -0.873. The van der Waals surface area contributed by atoms with Gasteiger partial charge in [-0.25, -0.2) is 0 Å². The Bertz CT molecular complexity index is 403. The predicted molar refractivity (Wildman–Crippen MR) is 69.4 cm³/mol. The van der Waals surface area contributed by atoms with Gasteiger partial charge in [-0.05, 0) is 38.5 Å². The summed E-state index contributed by atoms with van der Waals surface area (Å²) in [6.45, 7) is 4.12. The van der Waals surface area contributed by atoms with Crippen LogP contribution < -0.4 is 0 Å². The van der Waals surface area contributed by atoms with Crippen LogP contribution in [-0.4, -0.2) is 24.6 Å². The van der Waals surface area contributed by atoms with Gasteiger partial charge in [-0.15, -0.1) is 0 Å². The second-order valence-corrected chi connectivity index (χ2v) is 6.24. The van der Waals surface area contributed by atoms with E-state index in [0.29, 0.717) is 38.1 Å². The lowest BCUT2D eigenvalue weighted by Crippen LogP contribution is -2.42. The lowest BCUT2D eigenvalue weighted by atomic mass is 9.59. The summed E-state index contributed by atoms with van der Waals surface area (Å²) in [5, 5.41) is 0. The topological polar surface area (TPSA) is 60.4 Å². The molecule has 4 nitrogen and oxygen atoms in total. The van der Waals surface area contributed by atoms with E-state index in [9.17, 15) is 14.4 Å². The van der Waals surface area contributed by atoms with Crippen molar-refractivity contribution >= 4 is 18.0 Å². The van der Waals surface area contributed by atoms with E-state index in [0.717, 1.165) is 12.7 Å². The maximum Gasteiger partial charge on any atom is 0.306 e. The fraction of sp³-hybridized carbons (Fsp3) is 0.800. The molecule has 2 aliphatic rings. The molecule has 4 heteroatoms. The average molecular weight is 266 g/mol. The molecule has 2 saturated carbocycles. The molecule has 0 N–H and O–H groups in total. The summed E-state index contributed by atoms with van der Waals surface area (Å²) in [6, 6.07) is 0. The third-order valence-corrected chi connectivity index (χ3v) is 5.10. The molecule has 0 aliphatic heterocycles. The maximum atomic E-state index is 12.0. The van der Waals surface area contributed by atoms with Gasteiger partial charge in [0.2, 0.25) is 0 Å². The van der Waals surface area contributed by atoms with E-state index >= 15 is 0 Å². The van der Waals surface area contributed by atoms with Gasteiger partial charge in [0, 0.05) is 17.3 Å². The Labute approximate surface area is 113 Å². The van der Waals surface area contributed by atoms with E-state index in [1.807, 2.05) is 6.92 Å². The van der Waals surface area contributed by atoms with Gasteiger partial charge in [-0.1, -0.05) is 6.92 Å². The first-order valence-electron chi connectivity index (χ1n) is 7.11. The summed E-state index contributed by atoms with van der Waals surface area (Å²) in [4.78, 5) is 35.1. The van der Waals surface area contributed by atoms with E-state index in [2.05, 4.69) is 0 Å². The molecule has 19 heavy (non-hydrogen) atoms. The zero-order valence-electron chi connectivity index (χ0n) is 11.7. The Morgan fingerprint density at radius 1 is 1.47 bits per heavy atom. The monoisotopic (exact) mass is 266 g/mol. The van der Waals surface area contributed by atoms with Crippen LogP contribution in [0.25, 0.3) is 0 Å². The number of aldehydes is 1. The van der Waals surface area contributed by atoms with Crippen molar-refractivity contribution in [2.24, 2.45) is 16.7 Å². The van der Waals surface area contributed by atoms with Crippen molar-refractivity contribution in [1.82, 2.24) is 0 Å². The zero-order valence-corrected chi connectivity index (χ0v) is 11.7. The largest absolute Gasteiger partial charge is 0.466 e. The quantitative estimate of drug-likeness (QED) is 0.578. The number of ketones is 1. The molecule has 0 heterocycles.